The summed E-state index contributed by atoms with van der Waals surface area (Å²) in [7, 11) is 0. The van der Waals surface area contributed by atoms with E-state index < -0.39 is 0 Å². The summed E-state index contributed by atoms with van der Waals surface area (Å²) in [5.74, 6) is -0.262. The zero-order valence-electron chi connectivity index (χ0n) is 8.98. The largest absolute Gasteiger partial charge is 0.304 e. The van der Waals surface area contributed by atoms with E-state index in [-0.39, 0.29) is 11.9 Å². The van der Waals surface area contributed by atoms with Gasteiger partial charge >= 0.3 is 0 Å². The Labute approximate surface area is 98.2 Å². The van der Waals surface area contributed by atoms with Crippen LogP contribution in [0.5, 0.6) is 0 Å². The Balaban J connectivity index is 2.37. The van der Waals surface area contributed by atoms with Crippen LogP contribution in [0.4, 0.5) is 4.39 Å². The molecule has 0 aromatic carbocycles. The molecule has 0 aliphatic heterocycles. The minimum absolute atomic E-state index is 0.147. The Hall–Kier alpha value is -1.26. The number of pyridine rings is 1. The van der Waals surface area contributed by atoms with Crippen molar-refractivity contribution >= 4 is 11.3 Å². The van der Waals surface area contributed by atoms with Crippen LogP contribution < -0.4 is 5.32 Å². The van der Waals surface area contributed by atoms with Gasteiger partial charge in [0.1, 0.15) is 5.82 Å². The maximum Gasteiger partial charge on any atom is 0.146 e. The summed E-state index contributed by atoms with van der Waals surface area (Å²) >= 11 is 1.61. The smallest absolute Gasteiger partial charge is 0.146 e. The average Bonchev–Trinajstić information content (AvgIpc) is 2.80. The number of nitrogens with one attached hydrogen (secondary N) is 1. The Kier molecular flexibility index (Phi) is 3.64. The predicted molar refractivity (Wildman–Crippen MR) is 64.0 cm³/mol. The van der Waals surface area contributed by atoms with Gasteiger partial charge in [0, 0.05) is 11.1 Å². The number of hydrogen-bond acceptors (Lipinski definition) is 3. The van der Waals surface area contributed by atoms with Gasteiger partial charge in [-0.15, -0.1) is 11.3 Å². The fraction of sp³-hybridized carbons (Fsp3) is 0.250. The second kappa shape index (κ2) is 5.18. The van der Waals surface area contributed by atoms with Crippen molar-refractivity contribution in [2.75, 3.05) is 6.54 Å². The molecule has 0 saturated heterocycles. The first-order valence-electron chi connectivity index (χ1n) is 5.20. The molecule has 0 radical (unpaired) electrons. The minimum atomic E-state index is -0.262. The normalized spacial score (nSPS) is 12.6. The molecule has 0 amide bonds. The molecular weight excluding hydrogens is 223 g/mol. The number of aromatic nitrogens is 1. The minimum Gasteiger partial charge on any atom is -0.304 e. The number of hydrogen-bond donors (Lipinski definition) is 1. The molecule has 0 aliphatic carbocycles. The van der Waals surface area contributed by atoms with Crippen molar-refractivity contribution in [2.45, 2.75) is 13.0 Å². The Morgan fingerprint density at radius 3 is 2.94 bits per heavy atom. The molecule has 1 atom stereocenters. The van der Waals surface area contributed by atoms with Crippen LogP contribution in [-0.2, 0) is 0 Å². The van der Waals surface area contributed by atoms with E-state index >= 15 is 0 Å². The van der Waals surface area contributed by atoms with Gasteiger partial charge in [-0.3, -0.25) is 4.98 Å². The Bertz CT molecular complexity index is 442. The van der Waals surface area contributed by atoms with E-state index in [0.29, 0.717) is 5.69 Å². The molecule has 4 heteroatoms. The summed E-state index contributed by atoms with van der Waals surface area (Å²) in [6.07, 6.45) is 1.62. The SMILES string of the molecule is CCNC(c1cccs1)c1ncccc1F. The van der Waals surface area contributed by atoms with Crippen LogP contribution in [0.15, 0.2) is 35.8 Å². The third kappa shape index (κ3) is 2.28. The molecular formula is C12H13FN2S. The fourth-order valence-corrected chi connectivity index (χ4v) is 2.40. The first-order valence-corrected chi connectivity index (χ1v) is 6.08. The van der Waals surface area contributed by atoms with Gasteiger partial charge in [-0.25, -0.2) is 4.39 Å². The van der Waals surface area contributed by atoms with Crippen LogP contribution in [0.3, 0.4) is 0 Å². The van der Waals surface area contributed by atoms with E-state index in [4.69, 9.17) is 0 Å². The van der Waals surface area contributed by atoms with Crippen molar-refractivity contribution in [3.8, 4) is 0 Å². The van der Waals surface area contributed by atoms with E-state index in [9.17, 15) is 4.39 Å². The van der Waals surface area contributed by atoms with Crippen LogP contribution in [-0.4, -0.2) is 11.5 Å². The second-order valence-electron chi connectivity index (χ2n) is 3.38. The summed E-state index contributed by atoms with van der Waals surface area (Å²) in [5.41, 5.74) is 0.465. The third-order valence-corrected chi connectivity index (χ3v) is 3.23. The van der Waals surface area contributed by atoms with Gasteiger partial charge < -0.3 is 5.32 Å². The molecule has 0 saturated carbocycles. The molecule has 0 spiro atoms. The molecule has 2 heterocycles. The van der Waals surface area contributed by atoms with Crippen LogP contribution in [0.1, 0.15) is 23.5 Å². The lowest BCUT2D eigenvalue weighted by molar-refractivity contribution is 0.547. The predicted octanol–water partition coefficient (Wildman–Crippen LogP) is 2.98. The third-order valence-electron chi connectivity index (χ3n) is 2.30. The molecule has 2 aromatic heterocycles. The molecule has 0 bridgehead atoms. The lowest BCUT2D eigenvalue weighted by Crippen LogP contribution is -2.23. The van der Waals surface area contributed by atoms with Gasteiger partial charge in [0.25, 0.3) is 0 Å². The lowest BCUT2D eigenvalue weighted by Gasteiger charge is -2.16. The molecule has 2 nitrogen and oxygen atoms in total. The Morgan fingerprint density at radius 2 is 2.31 bits per heavy atom. The van der Waals surface area contributed by atoms with Gasteiger partial charge in [0.2, 0.25) is 0 Å². The number of rotatable bonds is 4. The molecule has 2 aromatic rings. The van der Waals surface area contributed by atoms with Crippen LogP contribution in [0.2, 0.25) is 0 Å². The Morgan fingerprint density at radius 1 is 1.44 bits per heavy atom. The summed E-state index contributed by atoms with van der Waals surface area (Å²) in [6, 6.07) is 6.86. The van der Waals surface area contributed by atoms with Crippen molar-refractivity contribution in [3.63, 3.8) is 0 Å². The van der Waals surface area contributed by atoms with Gasteiger partial charge in [-0.05, 0) is 30.1 Å². The summed E-state index contributed by atoms with van der Waals surface area (Å²) in [4.78, 5) is 5.21. The van der Waals surface area contributed by atoms with Gasteiger partial charge in [0.15, 0.2) is 0 Å². The van der Waals surface area contributed by atoms with Gasteiger partial charge in [-0.1, -0.05) is 13.0 Å². The number of nitrogens with zero attached hydrogens (tertiary/aromatic N) is 1. The van der Waals surface area contributed by atoms with E-state index in [2.05, 4.69) is 10.3 Å². The van der Waals surface area contributed by atoms with E-state index in [0.717, 1.165) is 11.4 Å². The van der Waals surface area contributed by atoms with E-state index in [1.54, 1.807) is 23.6 Å². The first-order chi connectivity index (χ1) is 7.83. The van der Waals surface area contributed by atoms with Gasteiger partial charge in [-0.2, -0.15) is 0 Å². The molecule has 84 valence electrons. The molecule has 16 heavy (non-hydrogen) atoms. The first kappa shape index (κ1) is 11.2. The molecule has 0 fully saturated rings. The second-order valence-corrected chi connectivity index (χ2v) is 4.36. The monoisotopic (exact) mass is 236 g/mol. The van der Waals surface area contributed by atoms with Crippen molar-refractivity contribution in [2.24, 2.45) is 0 Å². The van der Waals surface area contributed by atoms with Crippen molar-refractivity contribution in [1.82, 2.24) is 10.3 Å². The maximum atomic E-state index is 13.7. The van der Waals surface area contributed by atoms with Crippen molar-refractivity contribution in [1.29, 1.82) is 0 Å². The van der Waals surface area contributed by atoms with Gasteiger partial charge in [0.05, 0.1) is 11.7 Å². The molecule has 2 rings (SSSR count). The maximum absolute atomic E-state index is 13.7. The highest BCUT2D eigenvalue weighted by atomic mass is 32.1. The van der Waals surface area contributed by atoms with Crippen LogP contribution in [0.25, 0.3) is 0 Å². The van der Waals surface area contributed by atoms with E-state index in [1.165, 1.54) is 6.07 Å². The lowest BCUT2D eigenvalue weighted by atomic mass is 10.1. The highest BCUT2D eigenvalue weighted by Crippen LogP contribution is 2.25. The average molecular weight is 236 g/mol. The van der Waals surface area contributed by atoms with Crippen LogP contribution in [0, 0.1) is 5.82 Å². The molecule has 0 aliphatic rings. The fourth-order valence-electron chi connectivity index (χ4n) is 1.60. The molecule has 1 N–H and O–H groups in total. The van der Waals surface area contributed by atoms with Crippen molar-refractivity contribution in [3.05, 3.63) is 52.2 Å². The summed E-state index contributed by atoms with van der Waals surface area (Å²) in [6.45, 7) is 2.78. The topological polar surface area (TPSA) is 24.9 Å². The standard InChI is InChI=1S/C12H13FN2S/c1-2-14-12(10-6-4-8-16-10)11-9(13)5-3-7-15-11/h3-8,12,14H,2H2,1H3. The van der Waals surface area contributed by atoms with Crippen LogP contribution >= 0.6 is 11.3 Å². The highest BCUT2D eigenvalue weighted by molar-refractivity contribution is 7.10. The highest BCUT2D eigenvalue weighted by Gasteiger charge is 2.18. The summed E-state index contributed by atoms with van der Waals surface area (Å²) < 4.78 is 13.7. The van der Waals surface area contributed by atoms with Crippen molar-refractivity contribution < 1.29 is 4.39 Å². The zero-order valence-corrected chi connectivity index (χ0v) is 9.80. The zero-order chi connectivity index (χ0) is 11.4. The summed E-state index contributed by atoms with van der Waals surface area (Å²) in [5, 5.41) is 5.24. The number of thiophene rings is 1. The molecule has 1 unspecified atom stereocenters. The number of halogens is 1. The quantitative estimate of drug-likeness (QED) is 0.882. The van der Waals surface area contributed by atoms with E-state index in [1.807, 2.05) is 24.4 Å².